The molecule has 2 nitrogen and oxygen atoms in total. The summed E-state index contributed by atoms with van der Waals surface area (Å²) in [5.74, 6) is 0. The zero-order chi connectivity index (χ0) is 16.5. The third-order valence-electron chi connectivity index (χ3n) is 3.61. The van der Waals surface area contributed by atoms with E-state index in [9.17, 15) is 0 Å². The van der Waals surface area contributed by atoms with E-state index in [4.69, 9.17) is 0 Å². The Hall–Kier alpha value is -3.13. The molecule has 0 amide bonds. The van der Waals surface area contributed by atoms with Gasteiger partial charge in [0.05, 0.1) is 12.2 Å². The molecule has 0 aliphatic heterocycles. The second-order valence-corrected chi connectivity index (χ2v) is 5.41. The second-order valence-electron chi connectivity index (χ2n) is 5.41. The molecule has 0 fully saturated rings. The Balaban J connectivity index is 1.75. The zero-order valence-corrected chi connectivity index (χ0v) is 13.5. The van der Waals surface area contributed by atoms with E-state index in [1.54, 1.807) is 0 Å². The van der Waals surface area contributed by atoms with E-state index in [0.29, 0.717) is 0 Å². The highest BCUT2D eigenvalue weighted by atomic mass is 15.4. The minimum absolute atomic E-state index is 0.737. The monoisotopic (exact) mass is 312 g/mol. The lowest BCUT2D eigenvalue weighted by molar-refractivity contribution is 0.859. The fourth-order valence-corrected chi connectivity index (χ4v) is 2.39. The van der Waals surface area contributed by atoms with Crippen molar-refractivity contribution >= 4 is 18.0 Å². The second kappa shape index (κ2) is 8.49. The van der Waals surface area contributed by atoms with Crippen molar-refractivity contribution in [2.45, 2.75) is 6.54 Å². The van der Waals surface area contributed by atoms with Gasteiger partial charge in [0.25, 0.3) is 0 Å². The molecular formula is C22H20N2. The third-order valence-corrected chi connectivity index (χ3v) is 3.61. The summed E-state index contributed by atoms with van der Waals surface area (Å²) in [6.07, 6.45) is 5.86. The average molecular weight is 312 g/mol. The largest absolute Gasteiger partial charge is 0.261 e. The van der Waals surface area contributed by atoms with Crippen molar-refractivity contribution in [3.8, 4) is 0 Å². The lowest BCUT2D eigenvalue weighted by atomic mass is 10.2. The van der Waals surface area contributed by atoms with Gasteiger partial charge in [0, 0.05) is 6.21 Å². The molecule has 0 bridgehead atoms. The Morgan fingerprint density at radius 3 is 1.96 bits per heavy atom. The van der Waals surface area contributed by atoms with Crippen LogP contribution in [0.25, 0.3) is 6.08 Å². The van der Waals surface area contributed by atoms with Crippen LogP contribution in [0.4, 0.5) is 5.69 Å². The van der Waals surface area contributed by atoms with E-state index in [-0.39, 0.29) is 0 Å². The third kappa shape index (κ3) is 4.68. The molecule has 0 aromatic heterocycles. The van der Waals surface area contributed by atoms with Gasteiger partial charge in [0.1, 0.15) is 0 Å². The van der Waals surface area contributed by atoms with Crippen LogP contribution in [0.15, 0.2) is 102 Å². The maximum absolute atomic E-state index is 4.63. The minimum atomic E-state index is 0.737. The first-order valence-corrected chi connectivity index (χ1v) is 8.04. The van der Waals surface area contributed by atoms with E-state index >= 15 is 0 Å². The van der Waals surface area contributed by atoms with E-state index in [1.807, 2.05) is 59.8 Å². The molecule has 118 valence electrons. The topological polar surface area (TPSA) is 15.6 Å². The van der Waals surface area contributed by atoms with Crippen molar-refractivity contribution in [2.24, 2.45) is 5.10 Å². The van der Waals surface area contributed by atoms with Crippen molar-refractivity contribution < 1.29 is 0 Å². The molecule has 24 heavy (non-hydrogen) atoms. The highest BCUT2D eigenvalue weighted by Crippen LogP contribution is 2.17. The molecule has 0 radical (unpaired) electrons. The zero-order valence-electron chi connectivity index (χ0n) is 13.5. The molecule has 3 rings (SSSR count). The molecule has 3 aromatic rings. The summed E-state index contributed by atoms with van der Waals surface area (Å²) in [4.78, 5) is 0. The quantitative estimate of drug-likeness (QED) is 0.440. The molecule has 0 unspecified atom stereocenters. The number of para-hydroxylation sites is 1. The normalized spacial score (nSPS) is 11.2. The fourth-order valence-electron chi connectivity index (χ4n) is 2.39. The Kier molecular flexibility index (Phi) is 5.57. The number of anilines is 1. The number of rotatable bonds is 6. The molecule has 0 aliphatic carbocycles. The first-order chi connectivity index (χ1) is 11.9. The smallest absolute Gasteiger partial charge is 0.0666 e. The highest BCUT2D eigenvalue weighted by Gasteiger charge is 2.04. The van der Waals surface area contributed by atoms with Gasteiger partial charge >= 0.3 is 0 Å². The molecule has 2 heteroatoms. The molecule has 0 saturated heterocycles. The van der Waals surface area contributed by atoms with Gasteiger partial charge in [0.15, 0.2) is 0 Å². The Bertz CT molecular complexity index is 778. The lowest BCUT2D eigenvalue weighted by Crippen LogP contribution is -2.15. The van der Waals surface area contributed by atoms with Crippen LogP contribution in [0.1, 0.15) is 11.1 Å². The summed E-state index contributed by atoms with van der Waals surface area (Å²) in [5, 5.41) is 6.63. The van der Waals surface area contributed by atoms with Crippen molar-refractivity contribution in [3.63, 3.8) is 0 Å². The number of allylic oxidation sites excluding steroid dienone is 1. The summed E-state index contributed by atoms with van der Waals surface area (Å²) < 4.78 is 0. The summed E-state index contributed by atoms with van der Waals surface area (Å²) in [6.45, 7) is 0.737. The van der Waals surface area contributed by atoms with Crippen LogP contribution in [0.2, 0.25) is 0 Å². The van der Waals surface area contributed by atoms with Crippen LogP contribution in [-0.2, 0) is 6.54 Å². The molecule has 0 heterocycles. The molecular weight excluding hydrogens is 292 g/mol. The van der Waals surface area contributed by atoms with E-state index in [0.717, 1.165) is 12.2 Å². The Labute approximate surface area is 143 Å². The predicted octanol–water partition coefficient (Wildman–Crippen LogP) is 5.39. The van der Waals surface area contributed by atoms with Crippen molar-refractivity contribution in [1.82, 2.24) is 0 Å². The average Bonchev–Trinajstić information content (AvgIpc) is 2.66. The molecule has 0 aliphatic rings. The van der Waals surface area contributed by atoms with Crippen LogP contribution in [0.3, 0.4) is 0 Å². The highest BCUT2D eigenvalue weighted by molar-refractivity contribution is 5.79. The van der Waals surface area contributed by atoms with Crippen LogP contribution in [0.5, 0.6) is 0 Å². The predicted molar refractivity (Wildman–Crippen MR) is 103 cm³/mol. The molecule has 0 spiro atoms. The van der Waals surface area contributed by atoms with Gasteiger partial charge in [-0.3, -0.25) is 5.01 Å². The SMILES string of the molecule is C(=Cc1ccccc1)C=NN(Cc1ccccc1)c1ccccc1. The van der Waals surface area contributed by atoms with Gasteiger partial charge < -0.3 is 0 Å². The molecule has 3 aromatic carbocycles. The number of hydrogen-bond donors (Lipinski definition) is 0. The van der Waals surface area contributed by atoms with Crippen LogP contribution >= 0.6 is 0 Å². The molecule has 0 N–H and O–H groups in total. The molecule has 0 atom stereocenters. The lowest BCUT2D eigenvalue weighted by Gasteiger charge is -2.19. The van der Waals surface area contributed by atoms with Crippen molar-refractivity contribution in [2.75, 3.05) is 5.01 Å². The number of hydrogen-bond acceptors (Lipinski definition) is 2. The number of hydrazone groups is 1. The van der Waals surface area contributed by atoms with Gasteiger partial charge in [0.2, 0.25) is 0 Å². The van der Waals surface area contributed by atoms with Crippen LogP contribution in [-0.4, -0.2) is 6.21 Å². The van der Waals surface area contributed by atoms with Gasteiger partial charge in [-0.25, -0.2) is 0 Å². The molecule has 0 saturated carbocycles. The van der Waals surface area contributed by atoms with Gasteiger partial charge in [-0.2, -0.15) is 5.10 Å². The summed E-state index contributed by atoms with van der Waals surface area (Å²) >= 11 is 0. The summed E-state index contributed by atoms with van der Waals surface area (Å²) in [5.41, 5.74) is 3.47. The van der Waals surface area contributed by atoms with Crippen molar-refractivity contribution in [1.29, 1.82) is 0 Å². The Morgan fingerprint density at radius 2 is 1.29 bits per heavy atom. The van der Waals surface area contributed by atoms with Crippen LogP contribution < -0.4 is 5.01 Å². The summed E-state index contributed by atoms with van der Waals surface area (Å²) in [6, 6.07) is 30.8. The number of benzene rings is 3. The van der Waals surface area contributed by atoms with E-state index < -0.39 is 0 Å². The summed E-state index contributed by atoms with van der Waals surface area (Å²) in [7, 11) is 0. The van der Waals surface area contributed by atoms with Gasteiger partial charge in [-0.1, -0.05) is 84.9 Å². The fraction of sp³-hybridized carbons (Fsp3) is 0.0455. The number of nitrogens with zero attached hydrogens (tertiary/aromatic N) is 2. The van der Waals surface area contributed by atoms with Gasteiger partial charge in [-0.05, 0) is 29.3 Å². The van der Waals surface area contributed by atoms with E-state index in [1.165, 1.54) is 11.1 Å². The Morgan fingerprint density at radius 1 is 0.708 bits per heavy atom. The standard InChI is InChI=1S/C22H20N2/c1-4-11-20(12-5-1)15-10-18-23-24(22-16-8-3-9-17-22)19-21-13-6-2-7-14-21/h1-18H,19H2. The maximum Gasteiger partial charge on any atom is 0.0666 e. The first-order valence-electron chi connectivity index (χ1n) is 8.04. The van der Waals surface area contributed by atoms with E-state index in [2.05, 4.69) is 59.7 Å². The van der Waals surface area contributed by atoms with Crippen LogP contribution in [0, 0.1) is 0 Å². The maximum atomic E-state index is 4.63. The minimum Gasteiger partial charge on any atom is -0.261 e. The first kappa shape index (κ1) is 15.8. The van der Waals surface area contributed by atoms with Crippen molar-refractivity contribution in [3.05, 3.63) is 108 Å². The van der Waals surface area contributed by atoms with Gasteiger partial charge in [-0.15, -0.1) is 0 Å².